The molecule has 9 nitrogen and oxygen atoms in total. The van der Waals surface area contributed by atoms with Crippen molar-refractivity contribution < 1.29 is 14.6 Å². The Kier molecular flexibility index (Phi) is 7.53. The van der Waals surface area contributed by atoms with Gasteiger partial charge in [-0.1, -0.05) is 12.1 Å². The molecular weight excluding hydrogens is 468 g/mol. The third-order valence-electron chi connectivity index (χ3n) is 6.39. The van der Waals surface area contributed by atoms with Crippen LogP contribution in [0.3, 0.4) is 0 Å². The van der Waals surface area contributed by atoms with Crippen LogP contribution in [0.15, 0.2) is 67.0 Å². The summed E-state index contributed by atoms with van der Waals surface area (Å²) in [5.74, 6) is 1.40. The largest absolute Gasteiger partial charge is 0.489 e. The molecule has 0 spiro atoms. The highest BCUT2D eigenvalue weighted by Gasteiger charge is 2.21. The van der Waals surface area contributed by atoms with Gasteiger partial charge in [0.1, 0.15) is 23.9 Å². The number of aliphatic hydroxyl groups is 1. The maximum absolute atomic E-state index is 13.0. The minimum atomic E-state index is -0.0123. The number of H-pyrrole nitrogens is 1. The van der Waals surface area contributed by atoms with Gasteiger partial charge >= 0.3 is 0 Å². The highest BCUT2D eigenvalue weighted by atomic mass is 16.5. The number of likely N-dealkylation sites (N-methyl/N-ethyl adjacent to an activating group) is 1. The molecule has 1 amide bonds. The second-order valence-corrected chi connectivity index (χ2v) is 9.08. The smallest absolute Gasteiger partial charge is 0.270 e. The number of nitrogens with one attached hydrogen (secondary N) is 1. The maximum Gasteiger partial charge on any atom is 0.270 e. The zero-order chi connectivity index (χ0) is 25.6. The molecule has 0 atom stereocenters. The van der Waals surface area contributed by atoms with E-state index in [1.54, 1.807) is 30.6 Å². The minimum Gasteiger partial charge on any atom is -0.489 e. The van der Waals surface area contributed by atoms with Crippen LogP contribution in [0.1, 0.15) is 21.9 Å². The van der Waals surface area contributed by atoms with Gasteiger partial charge in [-0.05, 0) is 49.0 Å². The fourth-order valence-electron chi connectivity index (χ4n) is 4.32. The van der Waals surface area contributed by atoms with Crippen molar-refractivity contribution in [3.63, 3.8) is 0 Å². The van der Waals surface area contributed by atoms with Gasteiger partial charge in [-0.15, -0.1) is 0 Å². The lowest BCUT2D eigenvalue weighted by molar-refractivity contribution is 0.0659. The summed E-state index contributed by atoms with van der Waals surface area (Å²) < 4.78 is 5.69. The molecule has 190 valence electrons. The average molecular weight is 499 g/mol. The summed E-state index contributed by atoms with van der Waals surface area (Å²) in [5, 5.41) is 9.83. The second-order valence-electron chi connectivity index (χ2n) is 9.08. The Morgan fingerprint density at radius 2 is 1.86 bits per heavy atom. The standard InChI is InChI=1S/C28H30N6O3/c1-33-10-12-34(13-11-33)28(36)26-18-21-16-20(4-5-23(21)31-26)17-27-30-9-7-24(32-27)25-19-22(6-8-29-25)37-15-3-2-14-35/h2-9,16,18-19,31,35H,10-15,17H2,1H3/b3-2+. The monoisotopic (exact) mass is 498 g/mol. The summed E-state index contributed by atoms with van der Waals surface area (Å²) in [6, 6.07) is 13.5. The Bertz CT molecular complexity index is 1410. The van der Waals surface area contributed by atoms with Crippen molar-refractivity contribution in [2.45, 2.75) is 6.42 Å². The van der Waals surface area contributed by atoms with Gasteiger partial charge in [-0.25, -0.2) is 9.97 Å². The lowest BCUT2D eigenvalue weighted by atomic mass is 10.1. The van der Waals surface area contributed by atoms with E-state index < -0.39 is 0 Å². The number of pyridine rings is 1. The number of ether oxygens (including phenoxy) is 1. The van der Waals surface area contributed by atoms with Crippen LogP contribution in [-0.2, 0) is 6.42 Å². The van der Waals surface area contributed by atoms with E-state index in [9.17, 15) is 4.79 Å². The Morgan fingerprint density at radius 3 is 2.70 bits per heavy atom. The van der Waals surface area contributed by atoms with E-state index in [1.165, 1.54) is 0 Å². The highest BCUT2D eigenvalue weighted by molar-refractivity contribution is 5.98. The first kappa shape index (κ1) is 24.6. The number of aromatic amines is 1. The number of carbonyl (C=O) groups is 1. The lowest BCUT2D eigenvalue weighted by Crippen LogP contribution is -2.47. The normalized spacial score (nSPS) is 14.5. The number of rotatable bonds is 8. The van der Waals surface area contributed by atoms with Gasteiger partial charge in [-0.3, -0.25) is 9.78 Å². The number of hydrogen-bond donors (Lipinski definition) is 2. The molecule has 3 aromatic heterocycles. The van der Waals surface area contributed by atoms with Gasteiger partial charge in [0.05, 0.1) is 18.0 Å². The molecule has 1 saturated heterocycles. The maximum atomic E-state index is 13.0. The fraction of sp³-hybridized carbons (Fsp3) is 0.286. The summed E-state index contributed by atoms with van der Waals surface area (Å²) in [6.07, 6.45) is 7.37. The zero-order valence-electron chi connectivity index (χ0n) is 20.8. The van der Waals surface area contributed by atoms with Crippen LogP contribution in [0.4, 0.5) is 0 Å². The zero-order valence-corrected chi connectivity index (χ0v) is 20.8. The molecule has 0 aliphatic carbocycles. The molecule has 9 heteroatoms. The first-order valence-corrected chi connectivity index (χ1v) is 12.4. The van der Waals surface area contributed by atoms with Gasteiger partial charge in [0, 0.05) is 62.0 Å². The minimum absolute atomic E-state index is 0.0123. The van der Waals surface area contributed by atoms with Crippen LogP contribution in [0, 0.1) is 0 Å². The topological polar surface area (TPSA) is 107 Å². The predicted octanol–water partition coefficient (Wildman–Crippen LogP) is 2.93. The first-order chi connectivity index (χ1) is 18.1. The molecule has 1 aromatic carbocycles. The highest BCUT2D eigenvalue weighted by Crippen LogP contribution is 2.22. The van der Waals surface area contributed by atoms with Gasteiger partial charge in [0.2, 0.25) is 0 Å². The number of piperazine rings is 1. The molecule has 1 aliphatic rings. The SMILES string of the molecule is CN1CCN(C(=O)c2cc3cc(Cc4nccc(-c5cc(OC/C=C/CO)ccn5)n4)ccc3[nH]2)CC1. The molecule has 5 rings (SSSR count). The van der Waals surface area contributed by atoms with Crippen molar-refractivity contribution in [3.05, 3.63) is 84.1 Å². The third kappa shape index (κ3) is 6.02. The van der Waals surface area contributed by atoms with Crippen molar-refractivity contribution >= 4 is 16.8 Å². The lowest BCUT2D eigenvalue weighted by Gasteiger charge is -2.32. The van der Waals surface area contributed by atoms with Crippen molar-refractivity contribution in [1.82, 2.24) is 29.7 Å². The predicted molar refractivity (Wildman–Crippen MR) is 141 cm³/mol. The summed E-state index contributed by atoms with van der Waals surface area (Å²) in [7, 11) is 2.08. The van der Waals surface area contributed by atoms with Crippen LogP contribution in [0.2, 0.25) is 0 Å². The van der Waals surface area contributed by atoms with Gasteiger partial charge < -0.3 is 24.6 Å². The second kappa shape index (κ2) is 11.3. The number of aromatic nitrogens is 4. The van der Waals surface area contributed by atoms with Gasteiger partial charge in [0.15, 0.2) is 0 Å². The Labute approximate surface area is 215 Å². The van der Waals surface area contributed by atoms with Gasteiger partial charge in [-0.2, -0.15) is 0 Å². The fourth-order valence-corrected chi connectivity index (χ4v) is 4.32. The number of amides is 1. The molecule has 1 aliphatic heterocycles. The van der Waals surface area contributed by atoms with Crippen LogP contribution in [0.25, 0.3) is 22.3 Å². The van der Waals surface area contributed by atoms with E-state index in [0.29, 0.717) is 41.7 Å². The summed E-state index contributed by atoms with van der Waals surface area (Å²) >= 11 is 0. The van der Waals surface area contributed by atoms with Crippen molar-refractivity contribution in [1.29, 1.82) is 0 Å². The molecule has 0 saturated carbocycles. The van der Waals surface area contributed by atoms with Crippen molar-refractivity contribution in [3.8, 4) is 17.1 Å². The Hall–Kier alpha value is -4.08. The molecule has 0 bridgehead atoms. The molecule has 4 aromatic rings. The number of nitrogens with zero attached hydrogens (tertiary/aromatic N) is 5. The molecule has 2 N–H and O–H groups in total. The number of carbonyl (C=O) groups excluding carboxylic acids is 1. The van der Waals surface area contributed by atoms with Crippen molar-refractivity contribution in [2.75, 3.05) is 46.4 Å². The van der Waals surface area contributed by atoms with E-state index >= 15 is 0 Å². The molecule has 1 fully saturated rings. The van der Waals surface area contributed by atoms with E-state index in [0.717, 1.165) is 42.6 Å². The van der Waals surface area contributed by atoms with Crippen LogP contribution in [-0.4, -0.2) is 87.2 Å². The molecular formula is C28H30N6O3. The molecule has 37 heavy (non-hydrogen) atoms. The number of hydrogen-bond acceptors (Lipinski definition) is 7. The van der Waals surface area contributed by atoms with E-state index in [-0.39, 0.29) is 12.5 Å². The average Bonchev–Trinajstić information content (AvgIpc) is 3.35. The number of fused-ring (bicyclic) bond motifs is 1. The van der Waals surface area contributed by atoms with Crippen LogP contribution in [0.5, 0.6) is 5.75 Å². The summed E-state index contributed by atoms with van der Waals surface area (Å²) in [6.45, 7) is 3.63. The first-order valence-electron chi connectivity index (χ1n) is 12.4. The Morgan fingerprint density at radius 1 is 1.03 bits per heavy atom. The quantitative estimate of drug-likeness (QED) is 0.360. The number of aliphatic hydroxyl groups excluding tert-OH is 1. The molecule has 0 radical (unpaired) electrons. The number of benzene rings is 1. The van der Waals surface area contributed by atoms with Crippen LogP contribution < -0.4 is 4.74 Å². The van der Waals surface area contributed by atoms with E-state index in [2.05, 4.69) is 33.0 Å². The summed E-state index contributed by atoms with van der Waals surface area (Å²) in [5.41, 5.74) is 4.02. The van der Waals surface area contributed by atoms with Crippen LogP contribution >= 0.6 is 0 Å². The van der Waals surface area contributed by atoms with E-state index in [1.807, 2.05) is 35.2 Å². The van der Waals surface area contributed by atoms with Crippen molar-refractivity contribution in [2.24, 2.45) is 0 Å². The Balaban J connectivity index is 1.29. The molecule has 4 heterocycles. The van der Waals surface area contributed by atoms with E-state index in [4.69, 9.17) is 14.8 Å². The third-order valence-corrected chi connectivity index (χ3v) is 6.39. The van der Waals surface area contributed by atoms with Gasteiger partial charge in [0.25, 0.3) is 5.91 Å². The summed E-state index contributed by atoms with van der Waals surface area (Å²) in [4.78, 5) is 34.0. The molecule has 0 unspecified atom stereocenters.